The Labute approximate surface area is 220 Å². The fourth-order valence-electron chi connectivity index (χ4n) is 6.13. The number of hydrogen-bond donors (Lipinski definition) is 0. The van der Waals surface area contributed by atoms with Gasteiger partial charge in [-0.3, -0.25) is 4.57 Å². The summed E-state index contributed by atoms with van der Waals surface area (Å²) in [6, 6.07) is 34.7. The molecular formula is C34H24N4. The topological polar surface area (TPSA) is 34.0 Å². The Morgan fingerprint density at radius 1 is 0.579 bits per heavy atom. The van der Waals surface area contributed by atoms with Crippen molar-refractivity contribution in [3.8, 4) is 17.1 Å². The third-order valence-electron chi connectivity index (χ3n) is 7.86. The molecule has 0 bridgehead atoms. The van der Waals surface area contributed by atoms with E-state index in [1.54, 1.807) is 0 Å². The lowest BCUT2D eigenvalue weighted by Gasteiger charge is -2.28. The summed E-state index contributed by atoms with van der Waals surface area (Å²) in [5.74, 6) is 1.07. The number of fused-ring (bicyclic) bond motifs is 6. The first-order chi connectivity index (χ1) is 18.9. The lowest BCUT2D eigenvalue weighted by Crippen LogP contribution is -2.28. The maximum absolute atomic E-state index is 4.81. The Balaban J connectivity index is 1.14. The van der Waals surface area contributed by atoms with Gasteiger partial charge in [0.25, 0.3) is 0 Å². The van der Waals surface area contributed by atoms with E-state index in [0.29, 0.717) is 17.9 Å². The monoisotopic (exact) mass is 488 g/mol. The van der Waals surface area contributed by atoms with Crippen molar-refractivity contribution >= 4 is 33.2 Å². The maximum Gasteiger partial charge on any atom is 0.234 e. The van der Waals surface area contributed by atoms with Crippen LogP contribution in [0, 0.1) is 0 Å². The molecule has 2 aromatic heterocycles. The van der Waals surface area contributed by atoms with Gasteiger partial charge in [-0.15, -0.1) is 0 Å². The lowest BCUT2D eigenvalue weighted by molar-refractivity contribution is 0.745. The lowest BCUT2D eigenvalue weighted by atomic mass is 9.91. The largest absolute Gasteiger partial charge is 0.333 e. The quantitative estimate of drug-likeness (QED) is 0.253. The second kappa shape index (κ2) is 8.29. The van der Waals surface area contributed by atoms with Crippen LogP contribution in [0.25, 0.3) is 38.9 Å². The molecule has 0 spiro atoms. The highest BCUT2D eigenvalue weighted by molar-refractivity contribution is 6.08. The average molecular weight is 489 g/mol. The van der Waals surface area contributed by atoms with Crippen LogP contribution in [-0.2, 0) is 0 Å². The van der Waals surface area contributed by atoms with Crippen LogP contribution in [-0.4, -0.2) is 20.6 Å². The van der Waals surface area contributed by atoms with Crippen molar-refractivity contribution in [1.29, 1.82) is 0 Å². The van der Waals surface area contributed by atoms with Gasteiger partial charge >= 0.3 is 0 Å². The van der Waals surface area contributed by atoms with Crippen LogP contribution in [0.1, 0.15) is 11.5 Å². The summed E-state index contributed by atoms with van der Waals surface area (Å²) in [4.78, 5) is 12.1. The number of anilines is 2. The van der Waals surface area contributed by atoms with E-state index in [-0.39, 0.29) is 0 Å². The van der Waals surface area contributed by atoms with Crippen molar-refractivity contribution in [1.82, 2.24) is 14.5 Å². The van der Waals surface area contributed by atoms with Crippen molar-refractivity contribution < 1.29 is 0 Å². The zero-order valence-corrected chi connectivity index (χ0v) is 20.6. The van der Waals surface area contributed by atoms with Crippen molar-refractivity contribution in [2.75, 3.05) is 4.90 Å². The molecule has 2 atom stereocenters. The van der Waals surface area contributed by atoms with E-state index in [1.165, 1.54) is 27.7 Å². The van der Waals surface area contributed by atoms with E-state index < -0.39 is 0 Å². The van der Waals surface area contributed by atoms with Crippen LogP contribution in [0.5, 0.6) is 0 Å². The molecule has 1 aliphatic heterocycles. The Morgan fingerprint density at radius 2 is 1.21 bits per heavy atom. The highest BCUT2D eigenvalue weighted by Crippen LogP contribution is 2.47. The van der Waals surface area contributed by atoms with E-state index in [1.807, 2.05) is 12.4 Å². The third kappa shape index (κ3) is 3.10. The molecule has 0 saturated heterocycles. The number of hydrogen-bond acceptors (Lipinski definition) is 3. The molecule has 0 saturated carbocycles. The van der Waals surface area contributed by atoms with Gasteiger partial charge in [0.15, 0.2) is 0 Å². The van der Waals surface area contributed by atoms with Crippen molar-refractivity contribution in [2.45, 2.75) is 12.0 Å². The first-order valence-corrected chi connectivity index (χ1v) is 13.0. The van der Waals surface area contributed by atoms with Gasteiger partial charge in [0.2, 0.25) is 5.95 Å². The smallest absolute Gasteiger partial charge is 0.234 e. The SMILES string of the molecule is C1=CC2c3ccccc3N(c3ccc(-c4cnc(-n5c6ccccc6c6ccccc65)nc4)cc3)C2C=C1. The molecular weight excluding hydrogens is 464 g/mol. The standard InChI is InChI=1S/C34H24N4/c1-5-13-30-26(9-1)27-10-2-6-14-31(27)37(30)25-19-17-23(18-20-25)24-21-35-34(36-22-24)38-32-15-7-3-11-28(32)29-12-4-8-16-33(29)38/h1-22,26,30H. The Kier molecular flexibility index (Phi) is 4.61. The second-order valence-corrected chi connectivity index (χ2v) is 9.90. The molecule has 3 heterocycles. The summed E-state index contributed by atoms with van der Waals surface area (Å²) in [7, 11) is 0. The van der Waals surface area contributed by atoms with Gasteiger partial charge in [0.05, 0.1) is 17.1 Å². The molecule has 4 aromatic carbocycles. The summed E-state index contributed by atoms with van der Waals surface area (Å²) in [6.45, 7) is 0. The second-order valence-electron chi connectivity index (χ2n) is 9.90. The molecule has 38 heavy (non-hydrogen) atoms. The predicted molar refractivity (Wildman–Crippen MR) is 155 cm³/mol. The molecule has 180 valence electrons. The predicted octanol–water partition coefficient (Wildman–Crippen LogP) is 7.97. The van der Waals surface area contributed by atoms with Crippen molar-refractivity contribution in [3.05, 3.63) is 139 Å². The number of nitrogens with zero attached hydrogens (tertiary/aromatic N) is 4. The van der Waals surface area contributed by atoms with Gasteiger partial charge in [0, 0.05) is 46.0 Å². The highest BCUT2D eigenvalue weighted by atomic mass is 15.2. The molecule has 0 fully saturated rings. The van der Waals surface area contributed by atoms with Crippen LogP contribution in [0.4, 0.5) is 11.4 Å². The average Bonchev–Trinajstić information content (AvgIpc) is 3.51. The van der Waals surface area contributed by atoms with Crippen molar-refractivity contribution in [3.63, 3.8) is 0 Å². The minimum absolute atomic E-state index is 0.303. The zero-order chi connectivity index (χ0) is 25.1. The van der Waals surface area contributed by atoms with Gasteiger partial charge in [-0.25, -0.2) is 9.97 Å². The normalized spacial score (nSPS) is 17.7. The fraction of sp³-hybridized carbons (Fsp3) is 0.0588. The minimum atomic E-state index is 0.303. The van der Waals surface area contributed by atoms with Crippen LogP contribution < -0.4 is 4.90 Å². The van der Waals surface area contributed by atoms with E-state index in [4.69, 9.17) is 9.97 Å². The third-order valence-corrected chi connectivity index (χ3v) is 7.86. The molecule has 1 aliphatic carbocycles. The summed E-state index contributed by atoms with van der Waals surface area (Å²) < 4.78 is 2.14. The molecule has 6 aromatic rings. The van der Waals surface area contributed by atoms with Crippen LogP contribution in [0.2, 0.25) is 0 Å². The van der Waals surface area contributed by atoms with E-state index in [9.17, 15) is 0 Å². The fourth-order valence-corrected chi connectivity index (χ4v) is 6.13. The van der Waals surface area contributed by atoms with Crippen molar-refractivity contribution in [2.24, 2.45) is 0 Å². The summed E-state index contributed by atoms with van der Waals surface area (Å²) in [5.41, 5.74) is 8.19. The van der Waals surface area contributed by atoms with E-state index >= 15 is 0 Å². The molecule has 4 nitrogen and oxygen atoms in total. The molecule has 4 heteroatoms. The number of para-hydroxylation sites is 3. The molecule has 2 unspecified atom stereocenters. The van der Waals surface area contributed by atoms with Crippen LogP contribution >= 0.6 is 0 Å². The van der Waals surface area contributed by atoms with Gasteiger partial charge in [0.1, 0.15) is 0 Å². The maximum atomic E-state index is 4.81. The molecule has 0 amide bonds. The molecule has 2 aliphatic rings. The number of aromatic nitrogens is 3. The van der Waals surface area contributed by atoms with Crippen LogP contribution in [0.3, 0.4) is 0 Å². The zero-order valence-electron chi connectivity index (χ0n) is 20.6. The van der Waals surface area contributed by atoms with E-state index in [0.717, 1.165) is 22.2 Å². The van der Waals surface area contributed by atoms with E-state index in [2.05, 4.69) is 131 Å². The Hall–Kier alpha value is -4.96. The van der Waals surface area contributed by atoms with Gasteiger partial charge in [-0.1, -0.05) is 91.0 Å². The van der Waals surface area contributed by atoms with Gasteiger partial charge in [-0.2, -0.15) is 0 Å². The Bertz CT molecular complexity index is 1820. The number of rotatable bonds is 3. The molecule has 8 rings (SSSR count). The summed E-state index contributed by atoms with van der Waals surface area (Å²) in [6.07, 6.45) is 12.8. The molecule has 0 N–H and O–H groups in total. The number of allylic oxidation sites excluding steroid dienone is 2. The van der Waals surface area contributed by atoms with Gasteiger partial charge in [-0.05, 0) is 41.5 Å². The summed E-state index contributed by atoms with van der Waals surface area (Å²) in [5, 5.41) is 2.42. The first kappa shape index (κ1) is 21.2. The van der Waals surface area contributed by atoms with Crippen LogP contribution in [0.15, 0.2) is 134 Å². The molecule has 0 radical (unpaired) electrons. The summed E-state index contributed by atoms with van der Waals surface area (Å²) >= 11 is 0. The number of benzene rings is 4. The highest BCUT2D eigenvalue weighted by Gasteiger charge is 2.36. The minimum Gasteiger partial charge on any atom is -0.333 e. The Morgan fingerprint density at radius 3 is 1.95 bits per heavy atom. The van der Waals surface area contributed by atoms with Gasteiger partial charge < -0.3 is 4.90 Å². The first-order valence-electron chi connectivity index (χ1n) is 13.0.